The van der Waals surface area contributed by atoms with Crippen molar-refractivity contribution in [3.8, 4) is 5.75 Å². The van der Waals surface area contributed by atoms with Crippen molar-refractivity contribution in [3.05, 3.63) is 23.8 Å². The molecule has 80 valence electrons. The third-order valence-electron chi connectivity index (χ3n) is 2.38. The first kappa shape index (κ1) is 10.0. The fourth-order valence-electron chi connectivity index (χ4n) is 1.73. The highest BCUT2D eigenvalue weighted by Gasteiger charge is 2.28. The van der Waals surface area contributed by atoms with Crippen LogP contribution in [0.5, 0.6) is 5.75 Å². The fourth-order valence-corrected chi connectivity index (χ4v) is 1.73. The van der Waals surface area contributed by atoms with Crippen molar-refractivity contribution in [2.75, 3.05) is 5.32 Å². The highest BCUT2D eigenvalue weighted by atomic mass is 16.5. The molecule has 1 amide bonds. The standard InChI is InChI=1S/C12H15NO2/c1-8-4-5-9-10(6-8)15-12(2,3)7-11(14)13-9/h4-6H,7H2,1-3H3,(H,13,14). The fraction of sp³-hybridized carbons (Fsp3) is 0.417. The van der Waals surface area contributed by atoms with Crippen LogP contribution in [-0.4, -0.2) is 11.5 Å². The van der Waals surface area contributed by atoms with E-state index in [-0.39, 0.29) is 5.91 Å². The van der Waals surface area contributed by atoms with Gasteiger partial charge in [0, 0.05) is 0 Å². The summed E-state index contributed by atoms with van der Waals surface area (Å²) in [5.74, 6) is 0.758. The van der Waals surface area contributed by atoms with Crippen LogP contribution < -0.4 is 10.1 Å². The van der Waals surface area contributed by atoms with Crippen molar-refractivity contribution < 1.29 is 9.53 Å². The van der Waals surface area contributed by atoms with Crippen molar-refractivity contribution in [1.29, 1.82) is 0 Å². The molecule has 1 N–H and O–H groups in total. The Balaban J connectivity index is 2.45. The lowest BCUT2D eigenvalue weighted by atomic mass is 10.1. The van der Waals surface area contributed by atoms with Crippen molar-refractivity contribution in [2.24, 2.45) is 0 Å². The van der Waals surface area contributed by atoms with E-state index in [2.05, 4.69) is 5.32 Å². The Hall–Kier alpha value is -1.51. The molecule has 0 spiro atoms. The lowest BCUT2D eigenvalue weighted by Crippen LogP contribution is -2.30. The van der Waals surface area contributed by atoms with E-state index in [4.69, 9.17) is 4.74 Å². The largest absolute Gasteiger partial charge is 0.485 e. The van der Waals surface area contributed by atoms with E-state index >= 15 is 0 Å². The molecule has 0 saturated heterocycles. The van der Waals surface area contributed by atoms with Crippen molar-refractivity contribution in [1.82, 2.24) is 0 Å². The number of amides is 1. The quantitative estimate of drug-likeness (QED) is 0.706. The van der Waals surface area contributed by atoms with Gasteiger partial charge in [0.1, 0.15) is 11.4 Å². The maximum absolute atomic E-state index is 11.6. The van der Waals surface area contributed by atoms with Gasteiger partial charge in [0.25, 0.3) is 0 Å². The molecule has 0 aliphatic carbocycles. The zero-order chi connectivity index (χ0) is 11.1. The highest BCUT2D eigenvalue weighted by molar-refractivity contribution is 5.93. The summed E-state index contributed by atoms with van der Waals surface area (Å²) >= 11 is 0. The number of rotatable bonds is 0. The Labute approximate surface area is 89.4 Å². The number of fused-ring (bicyclic) bond motifs is 1. The number of carbonyl (C=O) groups is 1. The SMILES string of the molecule is Cc1ccc2c(c1)OC(C)(C)CC(=O)N2. The molecule has 3 heteroatoms. The van der Waals surface area contributed by atoms with Crippen LogP contribution >= 0.6 is 0 Å². The van der Waals surface area contributed by atoms with Crippen molar-refractivity contribution in [2.45, 2.75) is 32.8 Å². The van der Waals surface area contributed by atoms with Crippen LogP contribution in [0.4, 0.5) is 5.69 Å². The molecule has 0 atom stereocenters. The van der Waals surface area contributed by atoms with Crippen LogP contribution in [0.2, 0.25) is 0 Å². The van der Waals surface area contributed by atoms with E-state index in [0.29, 0.717) is 6.42 Å². The zero-order valence-corrected chi connectivity index (χ0v) is 9.26. The number of carbonyl (C=O) groups excluding carboxylic acids is 1. The molecule has 0 fully saturated rings. The highest BCUT2D eigenvalue weighted by Crippen LogP contribution is 2.33. The van der Waals surface area contributed by atoms with Gasteiger partial charge in [-0.2, -0.15) is 0 Å². The summed E-state index contributed by atoms with van der Waals surface area (Å²) in [6, 6.07) is 5.79. The minimum absolute atomic E-state index is 0.00241. The summed E-state index contributed by atoms with van der Waals surface area (Å²) in [6.07, 6.45) is 0.376. The van der Waals surface area contributed by atoms with Gasteiger partial charge in [0.05, 0.1) is 12.1 Å². The van der Waals surface area contributed by atoms with Gasteiger partial charge in [-0.15, -0.1) is 0 Å². The van der Waals surface area contributed by atoms with Crippen LogP contribution in [0.3, 0.4) is 0 Å². The normalized spacial score (nSPS) is 18.5. The summed E-state index contributed by atoms with van der Waals surface area (Å²) in [7, 11) is 0. The molecule has 1 aliphatic heterocycles. The molecule has 0 unspecified atom stereocenters. The van der Waals surface area contributed by atoms with Gasteiger partial charge < -0.3 is 10.1 Å². The van der Waals surface area contributed by atoms with Crippen LogP contribution in [0.15, 0.2) is 18.2 Å². The van der Waals surface area contributed by atoms with Crippen LogP contribution in [0.1, 0.15) is 25.8 Å². The Kier molecular flexibility index (Phi) is 2.18. The second-order valence-electron chi connectivity index (χ2n) is 4.59. The molecule has 1 heterocycles. The lowest BCUT2D eigenvalue weighted by molar-refractivity contribution is -0.118. The van der Waals surface area contributed by atoms with E-state index < -0.39 is 5.60 Å². The first-order chi connectivity index (χ1) is 6.96. The van der Waals surface area contributed by atoms with Gasteiger partial charge in [0.2, 0.25) is 5.91 Å². The van der Waals surface area contributed by atoms with E-state index in [1.54, 1.807) is 0 Å². The molecule has 1 aromatic carbocycles. The van der Waals surface area contributed by atoms with Gasteiger partial charge in [-0.3, -0.25) is 4.79 Å². The number of aryl methyl sites for hydroxylation is 1. The molecule has 1 aliphatic rings. The molecule has 0 bridgehead atoms. The monoisotopic (exact) mass is 205 g/mol. The summed E-state index contributed by atoms with van der Waals surface area (Å²) < 4.78 is 5.81. The Morgan fingerprint density at radius 1 is 1.40 bits per heavy atom. The van der Waals surface area contributed by atoms with E-state index in [1.165, 1.54) is 0 Å². The third kappa shape index (κ3) is 2.12. The second kappa shape index (κ2) is 3.26. The summed E-state index contributed by atoms with van der Waals surface area (Å²) in [4.78, 5) is 11.6. The predicted octanol–water partition coefficient (Wildman–Crippen LogP) is 2.49. The van der Waals surface area contributed by atoms with Gasteiger partial charge in [-0.05, 0) is 38.5 Å². The predicted molar refractivity (Wildman–Crippen MR) is 59.1 cm³/mol. The first-order valence-corrected chi connectivity index (χ1v) is 5.06. The molecular weight excluding hydrogens is 190 g/mol. The molecule has 2 rings (SSSR count). The first-order valence-electron chi connectivity index (χ1n) is 5.06. The summed E-state index contributed by atoms with van der Waals surface area (Å²) in [6.45, 7) is 5.84. The second-order valence-corrected chi connectivity index (χ2v) is 4.59. The lowest BCUT2D eigenvalue weighted by Gasteiger charge is -2.23. The number of benzene rings is 1. The molecular formula is C12H15NO2. The summed E-state index contributed by atoms with van der Waals surface area (Å²) in [5, 5.41) is 2.84. The minimum atomic E-state index is -0.441. The van der Waals surface area contributed by atoms with E-state index in [1.807, 2.05) is 39.0 Å². The number of ether oxygens (including phenoxy) is 1. The molecule has 0 radical (unpaired) electrons. The molecule has 3 nitrogen and oxygen atoms in total. The Morgan fingerprint density at radius 3 is 2.87 bits per heavy atom. The van der Waals surface area contributed by atoms with E-state index in [0.717, 1.165) is 17.0 Å². The Bertz CT molecular complexity index is 410. The van der Waals surface area contributed by atoms with Gasteiger partial charge in [0.15, 0.2) is 0 Å². The molecule has 0 aromatic heterocycles. The van der Waals surface area contributed by atoms with Crippen molar-refractivity contribution >= 4 is 11.6 Å². The average molecular weight is 205 g/mol. The Morgan fingerprint density at radius 2 is 2.13 bits per heavy atom. The minimum Gasteiger partial charge on any atom is -0.485 e. The molecule has 15 heavy (non-hydrogen) atoms. The van der Waals surface area contributed by atoms with Crippen LogP contribution in [-0.2, 0) is 4.79 Å². The topological polar surface area (TPSA) is 38.3 Å². The van der Waals surface area contributed by atoms with Crippen LogP contribution in [0.25, 0.3) is 0 Å². The maximum atomic E-state index is 11.6. The molecule has 0 saturated carbocycles. The number of nitrogens with one attached hydrogen (secondary N) is 1. The van der Waals surface area contributed by atoms with Crippen LogP contribution in [0, 0.1) is 6.92 Å². The summed E-state index contributed by atoms with van der Waals surface area (Å²) in [5.41, 5.74) is 1.44. The van der Waals surface area contributed by atoms with Crippen molar-refractivity contribution in [3.63, 3.8) is 0 Å². The van der Waals surface area contributed by atoms with Gasteiger partial charge in [-0.25, -0.2) is 0 Å². The van der Waals surface area contributed by atoms with Gasteiger partial charge >= 0.3 is 0 Å². The van der Waals surface area contributed by atoms with Gasteiger partial charge in [-0.1, -0.05) is 6.07 Å². The number of hydrogen-bond acceptors (Lipinski definition) is 2. The average Bonchev–Trinajstić information content (AvgIpc) is 2.17. The smallest absolute Gasteiger partial charge is 0.228 e. The van der Waals surface area contributed by atoms with E-state index in [9.17, 15) is 4.79 Å². The zero-order valence-electron chi connectivity index (χ0n) is 9.26. The maximum Gasteiger partial charge on any atom is 0.228 e. The number of hydrogen-bond donors (Lipinski definition) is 1. The molecule has 1 aromatic rings. The number of anilines is 1. The third-order valence-corrected chi connectivity index (χ3v) is 2.38.